The molecule has 1 aromatic carbocycles. The lowest BCUT2D eigenvalue weighted by atomic mass is 10.3. The molecule has 10 heteroatoms. The van der Waals surface area contributed by atoms with Crippen LogP contribution in [0.25, 0.3) is 0 Å². The first-order valence-electron chi connectivity index (χ1n) is 7.73. The summed E-state index contributed by atoms with van der Waals surface area (Å²) in [6.45, 7) is 3.78. The first-order chi connectivity index (χ1) is 12.9. The number of hydrogen-bond donors (Lipinski definition) is 3. The van der Waals surface area contributed by atoms with Crippen molar-refractivity contribution in [3.8, 4) is 0 Å². The molecule has 0 saturated carbocycles. The van der Waals surface area contributed by atoms with E-state index in [4.69, 9.17) is 0 Å². The van der Waals surface area contributed by atoms with Crippen molar-refractivity contribution in [2.24, 2.45) is 0 Å². The summed E-state index contributed by atoms with van der Waals surface area (Å²) in [5.41, 5.74) is -0.382. The van der Waals surface area contributed by atoms with Crippen molar-refractivity contribution < 1.29 is 18.4 Å². The molecule has 0 atom stereocenters. The van der Waals surface area contributed by atoms with Crippen molar-refractivity contribution in [2.75, 3.05) is 17.6 Å². The van der Waals surface area contributed by atoms with Crippen LogP contribution in [0.2, 0.25) is 0 Å². The van der Waals surface area contributed by atoms with Crippen molar-refractivity contribution in [3.63, 3.8) is 0 Å². The SMILES string of the molecule is C=CCNC(=O)Cc1cc(=O)[nH]c(SCC(=O)Nc2ccc(F)cc2F)n1. The van der Waals surface area contributed by atoms with Gasteiger partial charge in [0.15, 0.2) is 5.16 Å². The number of benzene rings is 1. The first-order valence-corrected chi connectivity index (χ1v) is 8.71. The Morgan fingerprint density at radius 3 is 2.74 bits per heavy atom. The Morgan fingerprint density at radius 2 is 2.04 bits per heavy atom. The van der Waals surface area contributed by atoms with Crippen molar-refractivity contribution in [1.82, 2.24) is 15.3 Å². The fraction of sp³-hybridized carbons (Fsp3) is 0.176. The number of anilines is 1. The first kappa shape index (κ1) is 20.3. The highest BCUT2D eigenvalue weighted by atomic mass is 32.2. The average Bonchev–Trinajstić information content (AvgIpc) is 2.60. The summed E-state index contributed by atoms with van der Waals surface area (Å²) in [6, 6.07) is 3.97. The normalized spacial score (nSPS) is 10.3. The minimum absolute atomic E-state index is 0.0989. The maximum atomic E-state index is 13.5. The number of hydrogen-bond acceptors (Lipinski definition) is 5. The smallest absolute Gasteiger partial charge is 0.251 e. The van der Waals surface area contributed by atoms with E-state index in [1.165, 1.54) is 12.1 Å². The van der Waals surface area contributed by atoms with Gasteiger partial charge < -0.3 is 15.6 Å². The van der Waals surface area contributed by atoms with Crippen LogP contribution in [0.3, 0.4) is 0 Å². The van der Waals surface area contributed by atoms with Gasteiger partial charge in [-0.25, -0.2) is 13.8 Å². The van der Waals surface area contributed by atoms with Gasteiger partial charge in [0.1, 0.15) is 11.6 Å². The van der Waals surface area contributed by atoms with E-state index in [0.717, 1.165) is 23.9 Å². The van der Waals surface area contributed by atoms with E-state index in [2.05, 4.69) is 27.2 Å². The minimum atomic E-state index is -0.896. The van der Waals surface area contributed by atoms with Crippen molar-refractivity contribution in [2.45, 2.75) is 11.6 Å². The molecule has 0 radical (unpaired) electrons. The third kappa shape index (κ3) is 6.66. The number of aromatic nitrogens is 2. The molecule has 1 heterocycles. The molecule has 2 rings (SSSR count). The molecule has 0 aliphatic carbocycles. The molecule has 1 aromatic heterocycles. The van der Waals surface area contributed by atoms with Gasteiger partial charge in [-0.15, -0.1) is 6.58 Å². The standard InChI is InChI=1S/C17H16F2N4O3S/c1-2-5-20-14(24)7-11-8-15(25)23-17(21-11)27-9-16(26)22-13-4-3-10(18)6-12(13)19/h2-4,6,8H,1,5,7,9H2,(H,20,24)(H,22,26)(H,21,23,25). The second-order valence-electron chi connectivity index (χ2n) is 5.27. The fourth-order valence-corrected chi connectivity index (χ4v) is 2.66. The average molecular weight is 394 g/mol. The van der Waals surface area contributed by atoms with Gasteiger partial charge in [-0.05, 0) is 12.1 Å². The summed E-state index contributed by atoms with van der Waals surface area (Å²) >= 11 is 0.907. The zero-order chi connectivity index (χ0) is 19.8. The number of nitrogens with zero attached hydrogens (tertiary/aromatic N) is 1. The molecule has 0 aliphatic rings. The second-order valence-corrected chi connectivity index (χ2v) is 6.24. The molecule has 0 aliphatic heterocycles. The molecule has 0 spiro atoms. The number of halogens is 2. The van der Waals surface area contributed by atoms with E-state index < -0.39 is 23.1 Å². The Morgan fingerprint density at radius 1 is 1.26 bits per heavy atom. The number of amides is 2. The van der Waals surface area contributed by atoms with Gasteiger partial charge in [0, 0.05) is 18.7 Å². The van der Waals surface area contributed by atoms with Crippen molar-refractivity contribution >= 4 is 29.3 Å². The molecule has 2 amide bonds. The number of thioether (sulfide) groups is 1. The molecule has 7 nitrogen and oxygen atoms in total. The van der Waals surface area contributed by atoms with Crippen LogP contribution in [0.15, 0.2) is 46.9 Å². The van der Waals surface area contributed by atoms with E-state index in [1.807, 2.05) is 0 Å². The Balaban J connectivity index is 1.96. The molecule has 0 saturated heterocycles. The quantitative estimate of drug-likeness (QED) is 0.359. The molecule has 27 heavy (non-hydrogen) atoms. The van der Waals surface area contributed by atoms with Crippen LogP contribution in [0.1, 0.15) is 5.69 Å². The van der Waals surface area contributed by atoms with E-state index in [-0.39, 0.29) is 34.6 Å². The van der Waals surface area contributed by atoms with E-state index in [1.54, 1.807) is 0 Å². The Kier molecular flexibility index (Phi) is 7.24. The summed E-state index contributed by atoms with van der Waals surface area (Å²) in [4.78, 5) is 41.8. The van der Waals surface area contributed by atoms with Gasteiger partial charge in [-0.2, -0.15) is 0 Å². The Bertz CT molecular complexity index is 917. The predicted octanol–water partition coefficient (Wildman–Crippen LogP) is 1.62. The lowest BCUT2D eigenvalue weighted by Gasteiger charge is -2.07. The summed E-state index contributed by atoms with van der Waals surface area (Å²) < 4.78 is 26.4. The highest BCUT2D eigenvalue weighted by Crippen LogP contribution is 2.17. The summed E-state index contributed by atoms with van der Waals surface area (Å²) in [6.07, 6.45) is 1.42. The van der Waals surface area contributed by atoms with Crippen LogP contribution in [0, 0.1) is 11.6 Å². The summed E-state index contributed by atoms with van der Waals surface area (Å²) in [5.74, 6) is -2.72. The number of rotatable bonds is 8. The fourth-order valence-electron chi connectivity index (χ4n) is 1.97. The molecule has 3 N–H and O–H groups in total. The predicted molar refractivity (Wildman–Crippen MR) is 97.5 cm³/mol. The van der Waals surface area contributed by atoms with Crippen LogP contribution in [0.5, 0.6) is 0 Å². The van der Waals surface area contributed by atoms with E-state index >= 15 is 0 Å². The van der Waals surface area contributed by atoms with Gasteiger partial charge in [0.25, 0.3) is 5.56 Å². The van der Waals surface area contributed by atoms with Crippen LogP contribution in [0.4, 0.5) is 14.5 Å². The van der Waals surface area contributed by atoms with Gasteiger partial charge in [-0.1, -0.05) is 17.8 Å². The van der Waals surface area contributed by atoms with Crippen LogP contribution >= 0.6 is 11.8 Å². The number of nitrogens with one attached hydrogen (secondary N) is 3. The zero-order valence-electron chi connectivity index (χ0n) is 14.1. The molecule has 0 bridgehead atoms. The summed E-state index contributed by atoms with van der Waals surface area (Å²) in [7, 11) is 0. The van der Waals surface area contributed by atoms with Crippen LogP contribution < -0.4 is 16.2 Å². The second kappa shape index (κ2) is 9.62. The van der Waals surface area contributed by atoms with Crippen LogP contribution in [-0.2, 0) is 16.0 Å². The van der Waals surface area contributed by atoms with Gasteiger partial charge >= 0.3 is 0 Å². The van der Waals surface area contributed by atoms with Crippen molar-refractivity contribution in [1.29, 1.82) is 0 Å². The third-order valence-corrected chi connectivity index (χ3v) is 3.98. The highest BCUT2D eigenvalue weighted by Gasteiger charge is 2.11. The Labute approximate surface area is 157 Å². The number of carbonyl (C=O) groups excluding carboxylic acids is 2. The number of H-pyrrole nitrogens is 1. The van der Waals surface area contributed by atoms with Crippen LogP contribution in [-0.4, -0.2) is 34.1 Å². The highest BCUT2D eigenvalue weighted by molar-refractivity contribution is 7.99. The molecule has 0 unspecified atom stereocenters. The lowest BCUT2D eigenvalue weighted by Crippen LogP contribution is -2.26. The van der Waals surface area contributed by atoms with Gasteiger partial charge in [0.05, 0.1) is 23.6 Å². The van der Waals surface area contributed by atoms with E-state index in [9.17, 15) is 23.2 Å². The number of carbonyl (C=O) groups is 2. The van der Waals surface area contributed by atoms with E-state index in [0.29, 0.717) is 12.6 Å². The Hall–Kier alpha value is -3.01. The maximum Gasteiger partial charge on any atom is 0.251 e. The zero-order valence-corrected chi connectivity index (χ0v) is 14.9. The largest absolute Gasteiger partial charge is 0.352 e. The third-order valence-electron chi connectivity index (χ3n) is 3.10. The van der Waals surface area contributed by atoms with Crippen molar-refractivity contribution in [3.05, 3.63) is 64.6 Å². The molecular formula is C17H16F2N4O3S. The lowest BCUT2D eigenvalue weighted by molar-refractivity contribution is -0.120. The monoisotopic (exact) mass is 394 g/mol. The van der Waals surface area contributed by atoms with Gasteiger partial charge in [0.2, 0.25) is 11.8 Å². The van der Waals surface area contributed by atoms with Gasteiger partial charge in [-0.3, -0.25) is 14.4 Å². The molecular weight excluding hydrogens is 378 g/mol. The molecule has 0 fully saturated rings. The minimum Gasteiger partial charge on any atom is -0.352 e. The number of aromatic amines is 1. The molecule has 142 valence electrons. The summed E-state index contributed by atoms with van der Waals surface area (Å²) in [5, 5.41) is 5.00. The maximum absolute atomic E-state index is 13.5. The topological polar surface area (TPSA) is 104 Å². The molecule has 2 aromatic rings.